The van der Waals surface area contributed by atoms with Crippen molar-refractivity contribution >= 4 is 21.2 Å². The quantitative estimate of drug-likeness (QED) is 0.428. The Morgan fingerprint density at radius 3 is 2.20 bits per heavy atom. The lowest BCUT2D eigenvalue weighted by molar-refractivity contribution is -0.372. The van der Waals surface area contributed by atoms with Crippen LogP contribution in [0.25, 0.3) is 0 Å². The van der Waals surface area contributed by atoms with Gasteiger partial charge in [0.1, 0.15) is 21.2 Å². The monoisotopic (exact) mass is 187 g/mol. The predicted molar refractivity (Wildman–Crippen MR) is 24.2 cm³/mol. The molecule has 0 aliphatic rings. The van der Waals surface area contributed by atoms with Crippen molar-refractivity contribution in [3.63, 3.8) is 0 Å². The Bertz CT molecular complexity index is 34.6. The molecular formula is C2H4IO2-. The molecule has 0 saturated carbocycles. The van der Waals surface area contributed by atoms with E-state index >= 15 is 0 Å². The molecule has 0 aromatic heterocycles. The maximum absolute atomic E-state index is 9.63. The van der Waals surface area contributed by atoms with E-state index < -0.39 is 25.3 Å². The Morgan fingerprint density at radius 1 is 2.00 bits per heavy atom. The van der Waals surface area contributed by atoms with Gasteiger partial charge < -0.3 is 5.11 Å². The molecule has 0 N–H and O–H groups in total. The van der Waals surface area contributed by atoms with Crippen LogP contribution in [0.15, 0.2) is 0 Å². The molecule has 32 valence electrons. The molecule has 0 heterocycles. The fourth-order valence-electron chi connectivity index (χ4n) is 0. The Labute approximate surface area is 40.8 Å². The Hall–Kier alpha value is 0.490. The van der Waals surface area contributed by atoms with Gasteiger partial charge in [0.15, 0.2) is 0 Å². The van der Waals surface area contributed by atoms with Crippen molar-refractivity contribution in [2.45, 2.75) is 11.0 Å². The molecule has 0 spiro atoms. The van der Waals surface area contributed by atoms with Gasteiger partial charge >= 0.3 is 0 Å². The second-order valence-electron chi connectivity index (χ2n) is 0.632. The zero-order valence-electron chi connectivity index (χ0n) is 2.77. The number of rotatable bonds is 1. The van der Waals surface area contributed by atoms with Crippen LogP contribution in [0.3, 0.4) is 0 Å². The molecule has 0 aromatic carbocycles. The summed E-state index contributed by atoms with van der Waals surface area (Å²) in [5.74, 6) is 0. The molecule has 0 aliphatic carbocycles. The van der Waals surface area contributed by atoms with Crippen molar-refractivity contribution in [1.82, 2.24) is 0 Å². The molecule has 0 fully saturated rings. The normalized spacial score (nSPS) is 14.8. The van der Waals surface area contributed by atoms with Gasteiger partial charge in [-0.25, -0.2) is 0 Å². The molecule has 2 nitrogen and oxygen atoms in total. The van der Waals surface area contributed by atoms with Crippen molar-refractivity contribution < 1.29 is 8.18 Å². The molecule has 0 aliphatic heterocycles. The maximum Gasteiger partial charge on any atom is 0.128 e. The first-order valence-electron chi connectivity index (χ1n) is 1.19. The first-order valence-corrected chi connectivity index (χ1v) is 3.31. The second-order valence-corrected chi connectivity index (χ2v) is 2.89. The highest BCUT2D eigenvalue weighted by atomic mass is 127. The van der Waals surface area contributed by atoms with Gasteiger partial charge in [-0.05, 0) is 4.11 Å². The van der Waals surface area contributed by atoms with E-state index in [1.54, 1.807) is 0 Å². The first kappa shape index (κ1) is 5.49. The fraction of sp³-hybridized carbons (Fsp3) is 1.00. The average molecular weight is 187 g/mol. The minimum Gasteiger partial charge on any atom is -0.843 e. The largest absolute Gasteiger partial charge is 0.843 e. The van der Waals surface area contributed by atoms with Crippen LogP contribution >= 0.6 is 21.2 Å². The molecule has 0 radical (unpaired) electrons. The molecule has 0 saturated heterocycles. The first-order chi connectivity index (χ1) is 2.27. The zero-order valence-corrected chi connectivity index (χ0v) is 4.93. The van der Waals surface area contributed by atoms with Gasteiger partial charge in [0.2, 0.25) is 0 Å². The molecule has 1 atom stereocenters. The summed E-state index contributed by atoms with van der Waals surface area (Å²) in [7, 11) is 0. The number of alkyl halides is 1. The third-order valence-corrected chi connectivity index (χ3v) is 0.842. The lowest BCUT2D eigenvalue weighted by Crippen LogP contribution is -2.10. The Balaban J connectivity index is 2.83. The SMILES string of the molecule is CC([O-])I=O. The topological polar surface area (TPSA) is 40.1 Å². The lowest BCUT2D eigenvalue weighted by atomic mass is 10.9. The van der Waals surface area contributed by atoms with Gasteiger partial charge in [-0.15, -0.1) is 0 Å². The summed E-state index contributed by atoms with van der Waals surface area (Å²) < 4.78 is 8.62. The van der Waals surface area contributed by atoms with Crippen molar-refractivity contribution in [1.29, 1.82) is 0 Å². The third kappa shape index (κ3) is 4.49. The summed E-state index contributed by atoms with van der Waals surface area (Å²) in [5, 5.41) is 9.63. The van der Waals surface area contributed by atoms with E-state index in [-0.39, 0.29) is 0 Å². The molecule has 5 heavy (non-hydrogen) atoms. The average Bonchev–Trinajstić information content (AvgIpc) is 1.38. The van der Waals surface area contributed by atoms with Gasteiger partial charge in [-0.2, -0.15) is 0 Å². The number of hydrogen-bond acceptors (Lipinski definition) is 2. The van der Waals surface area contributed by atoms with E-state index in [4.69, 9.17) is 0 Å². The lowest BCUT2D eigenvalue weighted by Gasteiger charge is -1.98. The molecule has 0 bridgehead atoms. The van der Waals surface area contributed by atoms with E-state index in [2.05, 4.69) is 0 Å². The van der Waals surface area contributed by atoms with Gasteiger partial charge in [0.25, 0.3) is 0 Å². The van der Waals surface area contributed by atoms with Crippen LogP contribution < -0.4 is 5.11 Å². The summed E-state index contributed by atoms with van der Waals surface area (Å²) in [5.41, 5.74) is 0. The zero-order chi connectivity index (χ0) is 4.28. The number of hydrogen-bond donors (Lipinski definition) is 0. The smallest absolute Gasteiger partial charge is 0.128 e. The second kappa shape index (κ2) is 2.71. The van der Waals surface area contributed by atoms with Crippen LogP contribution in [-0.4, -0.2) is 4.11 Å². The Kier molecular flexibility index (Phi) is 2.98. The van der Waals surface area contributed by atoms with Crippen LogP contribution in [0.5, 0.6) is 0 Å². The number of halogens is 1. The highest BCUT2D eigenvalue weighted by molar-refractivity contribution is 14.1. The van der Waals surface area contributed by atoms with E-state index in [1.807, 2.05) is 0 Å². The molecule has 0 aromatic rings. The summed E-state index contributed by atoms with van der Waals surface area (Å²) in [6, 6.07) is 0. The van der Waals surface area contributed by atoms with Crippen LogP contribution in [0.1, 0.15) is 6.92 Å². The van der Waals surface area contributed by atoms with Gasteiger partial charge in [-0.3, -0.25) is 3.07 Å². The predicted octanol–water partition coefficient (Wildman–Crippen LogP) is 0.00890. The Morgan fingerprint density at radius 2 is 2.20 bits per heavy atom. The molecular weight excluding hydrogens is 183 g/mol. The van der Waals surface area contributed by atoms with Crippen molar-refractivity contribution in [3.8, 4) is 0 Å². The maximum atomic E-state index is 9.63. The molecule has 3 heteroatoms. The van der Waals surface area contributed by atoms with Crippen molar-refractivity contribution in [3.05, 3.63) is 0 Å². The molecule has 0 amide bonds. The van der Waals surface area contributed by atoms with Gasteiger partial charge in [0.05, 0.1) is 0 Å². The van der Waals surface area contributed by atoms with Crippen molar-refractivity contribution in [2.75, 3.05) is 0 Å². The van der Waals surface area contributed by atoms with Gasteiger partial charge in [0, 0.05) is 0 Å². The standard InChI is InChI=1S/C2H4IO2/c1-2(4)3-5/h2H,1H3/q-1. The van der Waals surface area contributed by atoms with E-state index in [0.717, 1.165) is 0 Å². The third-order valence-electron chi connectivity index (χ3n) is 0.125. The highest BCUT2D eigenvalue weighted by Crippen LogP contribution is 1.93. The van der Waals surface area contributed by atoms with Crippen LogP contribution in [-0.2, 0) is 3.07 Å². The molecule has 1 unspecified atom stereocenters. The van der Waals surface area contributed by atoms with Gasteiger partial charge in [-0.1, -0.05) is 6.92 Å². The highest BCUT2D eigenvalue weighted by Gasteiger charge is 1.69. The van der Waals surface area contributed by atoms with Crippen molar-refractivity contribution in [2.24, 2.45) is 0 Å². The van der Waals surface area contributed by atoms with Crippen LogP contribution in [0.4, 0.5) is 0 Å². The minimum atomic E-state index is -1.26. The van der Waals surface area contributed by atoms with E-state index in [0.29, 0.717) is 0 Å². The van der Waals surface area contributed by atoms with Crippen LogP contribution in [0, 0.1) is 0 Å². The fourth-order valence-corrected chi connectivity index (χ4v) is 0. The van der Waals surface area contributed by atoms with E-state index in [1.165, 1.54) is 6.92 Å². The minimum absolute atomic E-state index is 0.811. The molecule has 0 rings (SSSR count). The summed E-state index contributed by atoms with van der Waals surface area (Å²) in [4.78, 5) is 0. The summed E-state index contributed by atoms with van der Waals surface area (Å²) in [6.45, 7) is 1.40. The van der Waals surface area contributed by atoms with E-state index in [9.17, 15) is 8.18 Å². The van der Waals surface area contributed by atoms with Crippen LogP contribution in [0.2, 0.25) is 0 Å². The summed E-state index contributed by atoms with van der Waals surface area (Å²) in [6.07, 6.45) is 0. The summed E-state index contributed by atoms with van der Waals surface area (Å²) >= 11 is -1.26.